The molecule has 0 radical (unpaired) electrons. The van der Waals surface area contributed by atoms with Crippen LogP contribution in [0, 0.1) is 11.3 Å². The summed E-state index contributed by atoms with van der Waals surface area (Å²) in [5.41, 5.74) is 0.627. The molecular weight excluding hydrogens is 455 g/mol. The molecule has 0 aromatic heterocycles. The lowest BCUT2D eigenvalue weighted by Gasteiger charge is -2.25. The van der Waals surface area contributed by atoms with Crippen LogP contribution in [0.5, 0.6) is 0 Å². The number of nitrogens with zero attached hydrogens (tertiary/aromatic N) is 3. The van der Waals surface area contributed by atoms with E-state index in [0.29, 0.717) is 29.1 Å². The number of carbonyl (C=O) groups is 1. The Morgan fingerprint density at radius 1 is 1.03 bits per heavy atom. The van der Waals surface area contributed by atoms with Crippen LogP contribution in [-0.2, 0) is 16.6 Å². The Morgan fingerprint density at radius 3 is 2.24 bits per heavy atom. The van der Waals surface area contributed by atoms with Gasteiger partial charge in [0, 0.05) is 25.2 Å². The molecule has 2 aromatic rings. The molecular formula is C23H24F3N3O3S. The molecule has 1 saturated heterocycles. The van der Waals surface area contributed by atoms with Gasteiger partial charge in [0.1, 0.15) is 6.54 Å². The van der Waals surface area contributed by atoms with Gasteiger partial charge in [0.2, 0.25) is 10.0 Å². The standard InChI is InChI=1S/C23H24F3N3O3S/c24-23(25,26)17-28(16-19-10-8-18(15-27)9-11-19)22(30)20-6-5-7-21(14-20)33(31,32)29-12-3-1-2-4-13-29/h5-11,14H,1-4,12-13,16-17H2. The van der Waals surface area contributed by atoms with Gasteiger partial charge in [-0.25, -0.2) is 8.42 Å². The molecule has 0 atom stereocenters. The third-order valence-corrected chi connectivity index (χ3v) is 7.29. The molecule has 3 rings (SSSR count). The van der Waals surface area contributed by atoms with Crippen molar-refractivity contribution in [2.24, 2.45) is 0 Å². The van der Waals surface area contributed by atoms with Crippen molar-refractivity contribution in [1.82, 2.24) is 9.21 Å². The highest BCUT2D eigenvalue weighted by atomic mass is 32.2. The van der Waals surface area contributed by atoms with Crippen LogP contribution >= 0.6 is 0 Å². The molecule has 0 bridgehead atoms. The van der Waals surface area contributed by atoms with Gasteiger partial charge < -0.3 is 4.90 Å². The molecule has 0 unspecified atom stereocenters. The summed E-state index contributed by atoms with van der Waals surface area (Å²) in [5.74, 6) is -0.926. The van der Waals surface area contributed by atoms with E-state index < -0.39 is 28.7 Å². The second-order valence-electron chi connectivity index (χ2n) is 7.93. The molecule has 1 heterocycles. The zero-order valence-electron chi connectivity index (χ0n) is 17.9. The maximum Gasteiger partial charge on any atom is 0.406 e. The van der Waals surface area contributed by atoms with Gasteiger partial charge in [-0.1, -0.05) is 31.0 Å². The lowest BCUT2D eigenvalue weighted by atomic mass is 10.1. The fraction of sp³-hybridized carbons (Fsp3) is 0.391. The molecule has 0 saturated carbocycles. The van der Waals surface area contributed by atoms with Gasteiger partial charge in [-0.15, -0.1) is 0 Å². The zero-order chi connectivity index (χ0) is 24.1. The summed E-state index contributed by atoms with van der Waals surface area (Å²) < 4.78 is 67.1. The fourth-order valence-corrected chi connectivity index (χ4v) is 5.29. The van der Waals surface area contributed by atoms with Gasteiger partial charge in [0.15, 0.2) is 0 Å². The SMILES string of the molecule is N#Cc1ccc(CN(CC(F)(F)F)C(=O)c2cccc(S(=O)(=O)N3CCCCCC3)c2)cc1. The molecule has 10 heteroatoms. The van der Waals surface area contributed by atoms with Gasteiger partial charge in [0.05, 0.1) is 16.5 Å². The molecule has 0 N–H and O–H groups in total. The van der Waals surface area contributed by atoms with Crippen LogP contribution in [-0.4, -0.2) is 49.3 Å². The summed E-state index contributed by atoms with van der Waals surface area (Å²) in [7, 11) is -3.86. The third kappa shape index (κ3) is 6.55. The molecule has 2 aromatic carbocycles. The Hall–Kier alpha value is -2.90. The number of carbonyl (C=O) groups excluding carboxylic acids is 1. The maximum absolute atomic E-state index is 13.2. The normalized spacial score (nSPS) is 15.5. The topological polar surface area (TPSA) is 81.5 Å². The van der Waals surface area contributed by atoms with E-state index in [0.717, 1.165) is 31.7 Å². The second kappa shape index (κ2) is 10.4. The molecule has 0 spiro atoms. The molecule has 1 amide bonds. The van der Waals surface area contributed by atoms with E-state index in [1.807, 2.05) is 6.07 Å². The number of alkyl halides is 3. The highest BCUT2D eigenvalue weighted by molar-refractivity contribution is 7.89. The molecule has 6 nitrogen and oxygen atoms in total. The number of sulfonamides is 1. The van der Waals surface area contributed by atoms with Crippen LogP contribution in [0.2, 0.25) is 0 Å². The van der Waals surface area contributed by atoms with Crippen LogP contribution in [0.1, 0.15) is 47.2 Å². The first kappa shape index (κ1) is 24.7. The minimum Gasteiger partial charge on any atom is -0.325 e. The summed E-state index contributed by atoms with van der Waals surface area (Å²) >= 11 is 0. The van der Waals surface area contributed by atoms with Crippen LogP contribution in [0.25, 0.3) is 0 Å². The van der Waals surface area contributed by atoms with Crippen molar-refractivity contribution in [3.63, 3.8) is 0 Å². The van der Waals surface area contributed by atoms with E-state index in [-0.39, 0.29) is 17.0 Å². The van der Waals surface area contributed by atoms with E-state index in [1.165, 1.54) is 46.8 Å². The average Bonchev–Trinajstić information content (AvgIpc) is 3.08. The first-order chi connectivity index (χ1) is 15.6. The van der Waals surface area contributed by atoms with E-state index >= 15 is 0 Å². The Kier molecular flexibility index (Phi) is 7.76. The van der Waals surface area contributed by atoms with E-state index in [2.05, 4.69) is 0 Å². The van der Waals surface area contributed by atoms with Crippen LogP contribution in [0.15, 0.2) is 53.4 Å². The minimum atomic E-state index is -4.64. The number of halogens is 3. The highest BCUT2D eigenvalue weighted by Crippen LogP contribution is 2.24. The first-order valence-corrected chi connectivity index (χ1v) is 12.0. The van der Waals surface area contributed by atoms with Crippen molar-refractivity contribution in [2.75, 3.05) is 19.6 Å². The van der Waals surface area contributed by atoms with Gasteiger partial charge in [-0.05, 0) is 48.7 Å². The number of rotatable bonds is 6. The molecule has 1 aliphatic rings. The van der Waals surface area contributed by atoms with E-state index in [4.69, 9.17) is 5.26 Å². The number of nitriles is 1. The lowest BCUT2D eigenvalue weighted by molar-refractivity contribution is -0.141. The summed E-state index contributed by atoms with van der Waals surface area (Å²) in [6.07, 6.45) is -1.29. The summed E-state index contributed by atoms with van der Waals surface area (Å²) in [6, 6.07) is 13.0. The first-order valence-electron chi connectivity index (χ1n) is 10.6. The quantitative estimate of drug-likeness (QED) is 0.618. The van der Waals surface area contributed by atoms with Gasteiger partial charge >= 0.3 is 6.18 Å². The lowest BCUT2D eigenvalue weighted by Crippen LogP contribution is -2.38. The van der Waals surface area contributed by atoms with Crippen molar-refractivity contribution in [1.29, 1.82) is 5.26 Å². The maximum atomic E-state index is 13.2. The molecule has 33 heavy (non-hydrogen) atoms. The number of amides is 1. The molecule has 1 aliphatic heterocycles. The summed E-state index contributed by atoms with van der Waals surface area (Å²) in [6.45, 7) is -1.08. The van der Waals surface area contributed by atoms with Crippen molar-refractivity contribution >= 4 is 15.9 Å². The Bertz CT molecular complexity index is 1120. The Balaban J connectivity index is 1.88. The smallest absolute Gasteiger partial charge is 0.325 e. The predicted octanol–water partition coefficient (Wildman–Crippen LogP) is 4.33. The largest absolute Gasteiger partial charge is 0.406 e. The number of benzene rings is 2. The third-order valence-electron chi connectivity index (χ3n) is 5.40. The average molecular weight is 480 g/mol. The van der Waals surface area contributed by atoms with Crippen LogP contribution < -0.4 is 0 Å². The van der Waals surface area contributed by atoms with Gasteiger partial charge in [-0.3, -0.25) is 4.79 Å². The van der Waals surface area contributed by atoms with Crippen molar-refractivity contribution in [2.45, 2.75) is 43.3 Å². The van der Waals surface area contributed by atoms with E-state index in [1.54, 1.807) is 0 Å². The molecule has 1 fully saturated rings. The Morgan fingerprint density at radius 2 is 1.67 bits per heavy atom. The predicted molar refractivity (Wildman–Crippen MR) is 116 cm³/mol. The van der Waals surface area contributed by atoms with Crippen molar-refractivity contribution in [3.8, 4) is 6.07 Å². The summed E-state index contributed by atoms with van der Waals surface area (Å²) in [5, 5.41) is 8.89. The number of hydrogen-bond acceptors (Lipinski definition) is 4. The van der Waals surface area contributed by atoms with Gasteiger partial charge in [-0.2, -0.15) is 22.7 Å². The Labute approximate surface area is 191 Å². The second-order valence-corrected chi connectivity index (χ2v) is 9.87. The van der Waals surface area contributed by atoms with Gasteiger partial charge in [0.25, 0.3) is 5.91 Å². The van der Waals surface area contributed by atoms with Crippen LogP contribution in [0.4, 0.5) is 13.2 Å². The number of hydrogen-bond donors (Lipinski definition) is 0. The monoisotopic (exact) mass is 479 g/mol. The van der Waals surface area contributed by atoms with Crippen molar-refractivity contribution in [3.05, 3.63) is 65.2 Å². The fourth-order valence-electron chi connectivity index (χ4n) is 3.72. The van der Waals surface area contributed by atoms with E-state index in [9.17, 15) is 26.4 Å². The minimum absolute atomic E-state index is 0.111. The molecule has 0 aliphatic carbocycles. The summed E-state index contributed by atoms with van der Waals surface area (Å²) in [4.78, 5) is 13.5. The van der Waals surface area contributed by atoms with Crippen LogP contribution in [0.3, 0.4) is 0 Å². The zero-order valence-corrected chi connectivity index (χ0v) is 18.7. The molecule has 176 valence electrons. The van der Waals surface area contributed by atoms with Crippen molar-refractivity contribution < 1.29 is 26.4 Å². The highest BCUT2D eigenvalue weighted by Gasteiger charge is 2.34.